The summed E-state index contributed by atoms with van der Waals surface area (Å²) < 4.78 is 7.32. The van der Waals surface area contributed by atoms with E-state index in [-0.39, 0.29) is 6.04 Å². The van der Waals surface area contributed by atoms with Gasteiger partial charge < -0.3 is 9.84 Å². The lowest BCUT2D eigenvalue weighted by molar-refractivity contribution is -0.143. The van der Waals surface area contributed by atoms with Gasteiger partial charge in [-0.05, 0) is 32.9 Å². The van der Waals surface area contributed by atoms with Crippen molar-refractivity contribution in [2.75, 3.05) is 19.8 Å². The highest BCUT2D eigenvalue weighted by atomic mass is 16.5. The van der Waals surface area contributed by atoms with Gasteiger partial charge in [-0.15, -0.1) is 0 Å². The van der Waals surface area contributed by atoms with Crippen LogP contribution in [0.3, 0.4) is 0 Å². The SMILES string of the molecule is CCCN(Cc1ccn(C(C)C)n1)C1COCC1C(=O)O. The van der Waals surface area contributed by atoms with Crippen LogP contribution < -0.4 is 0 Å². The van der Waals surface area contributed by atoms with E-state index >= 15 is 0 Å². The average molecular weight is 295 g/mol. The average Bonchev–Trinajstić information content (AvgIpc) is 3.07. The molecule has 21 heavy (non-hydrogen) atoms. The highest BCUT2D eigenvalue weighted by molar-refractivity contribution is 5.71. The summed E-state index contributed by atoms with van der Waals surface area (Å²) in [6, 6.07) is 2.28. The molecule has 1 N–H and O–H groups in total. The maximum absolute atomic E-state index is 11.3. The van der Waals surface area contributed by atoms with Crippen LogP contribution in [0.15, 0.2) is 12.3 Å². The van der Waals surface area contributed by atoms with E-state index in [2.05, 4.69) is 30.8 Å². The van der Waals surface area contributed by atoms with Gasteiger partial charge in [-0.3, -0.25) is 14.4 Å². The zero-order chi connectivity index (χ0) is 15.4. The van der Waals surface area contributed by atoms with Gasteiger partial charge in [-0.25, -0.2) is 0 Å². The van der Waals surface area contributed by atoms with Crippen molar-refractivity contribution in [3.8, 4) is 0 Å². The molecule has 2 atom stereocenters. The summed E-state index contributed by atoms with van der Waals surface area (Å²) in [5.41, 5.74) is 0.980. The van der Waals surface area contributed by atoms with Crippen LogP contribution in [0.25, 0.3) is 0 Å². The Morgan fingerprint density at radius 3 is 2.90 bits per heavy atom. The molecule has 6 heteroatoms. The van der Waals surface area contributed by atoms with Crippen molar-refractivity contribution in [2.45, 2.75) is 45.8 Å². The van der Waals surface area contributed by atoms with Crippen LogP contribution >= 0.6 is 0 Å². The highest BCUT2D eigenvalue weighted by Gasteiger charge is 2.37. The van der Waals surface area contributed by atoms with Crippen LogP contribution in [0, 0.1) is 5.92 Å². The van der Waals surface area contributed by atoms with Crippen LogP contribution in [0.4, 0.5) is 0 Å². The molecule has 118 valence electrons. The Bertz CT molecular complexity index is 472. The monoisotopic (exact) mass is 295 g/mol. The minimum absolute atomic E-state index is 0.0633. The Kier molecular flexibility index (Phi) is 5.36. The van der Waals surface area contributed by atoms with Crippen LogP contribution in [0.2, 0.25) is 0 Å². The molecule has 2 unspecified atom stereocenters. The Hall–Kier alpha value is -1.40. The van der Waals surface area contributed by atoms with Gasteiger partial charge in [0.15, 0.2) is 0 Å². The van der Waals surface area contributed by atoms with Crippen molar-refractivity contribution in [3.63, 3.8) is 0 Å². The molecule has 1 aliphatic rings. The molecule has 1 aromatic heterocycles. The molecule has 0 saturated carbocycles. The molecule has 1 aromatic rings. The highest BCUT2D eigenvalue weighted by Crippen LogP contribution is 2.22. The molecule has 0 aliphatic carbocycles. The molecule has 0 amide bonds. The summed E-state index contributed by atoms with van der Waals surface area (Å²) >= 11 is 0. The van der Waals surface area contributed by atoms with Gasteiger partial charge in [0.1, 0.15) is 0 Å². The molecule has 0 spiro atoms. The fourth-order valence-electron chi connectivity index (χ4n) is 2.75. The molecule has 1 saturated heterocycles. The van der Waals surface area contributed by atoms with Crippen LogP contribution in [-0.2, 0) is 16.1 Å². The predicted octanol–water partition coefficient (Wildman–Crippen LogP) is 1.78. The predicted molar refractivity (Wildman–Crippen MR) is 79.0 cm³/mol. The van der Waals surface area contributed by atoms with Crippen molar-refractivity contribution in [2.24, 2.45) is 5.92 Å². The Balaban J connectivity index is 2.09. The van der Waals surface area contributed by atoms with Gasteiger partial charge in [0.25, 0.3) is 0 Å². The number of hydrogen-bond acceptors (Lipinski definition) is 4. The van der Waals surface area contributed by atoms with E-state index in [9.17, 15) is 9.90 Å². The largest absolute Gasteiger partial charge is 0.481 e. The first-order chi connectivity index (χ1) is 10.0. The van der Waals surface area contributed by atoms with E-state index in [1.54, 1.807) is 0 Å². The molecular weight excluding hydrogens is 270 g/mol. The Labute approximate surface area is 125 Å². The standard InChI is InChI=1S/C15H25N3O3/c1-4-6-17(14-10-21-9-13(14)15(19)20)8-12-5-7-18(16-12)11(2)3/h5,7,11,13-14H,4,6,8-10H2,1-3H3,(H,19,20). The van der Waals surface area contributed by atoms with Gasteiger partial charge in [-0.2, -0.15) is 5.10 Å². The van der Waals surface area contributed by atoms with Gasteiger partial charge in [0.05, 0.1) is 24.8 Å². The van der Waals surface area contributed by atoms with Crippen molar-refractivity contribution < 1.29 is 14.6 Å². The third kappa shape index (κ3) is 3.83. The maximum Gasteiger partial charge on any atom is 0.310 e. The zero-order valence-corrected chi connectivity index (χ0v) is 13.0. The first-order valence-electron chi connectivity index (χ1n) is 7.61. The normalized spacial score (nSPS) is 22.3. The number of rotatable bonds is 7. The summed E-state index contributed by atoms with van der Waals surface area (Å²) in [6.45, 7) is 8.60. The van der Waals surface area contributed by atoms with Gasteiger partial charge in [-0.1, -0.05) is 6.92 Å². The van der Waals surface area contributed by atoms with Crippen molar-refractivity contribution in [1.29, 1.82) is 0 Å². The first kappa shape index (κ1) is 16.0. The van der Waals surface area contributed by atoms with E-state index in [1.165, 1.54) is 0 Å². The molecule has 0 radical (unpaired) electrons. The summed E-state index contributed by atoms with van der Waals surface area (Å²) in [6.07, 6.45) is 2.96. The van der Waals surface area contributed by atoms with Gasteiger partial charge in [0, 0.05) is 24.8 Å². The maximum atomic E-state index is 11.3. The zero-order valence-electron chi connectivity index (χ0n) is 13.0. The van der Waals surface area contributed by atoms with E-state index in [0.717, 1.165) is 18.7 Å². The number of ether oxygens (including phenoxy) is 1. The fraction of sp³-hybridized carbons (Fsp3) is 0.733. The molecule has 1 aliphatic heterocycles. The smallest absolute Gasteiger partial charge is 0.310 e. The molecule has 6 nitrogen and oxygen atoms in total. The summed E-state index contributed by atoms with van der Waals surface area (Å²) in [7, 11) is 0. The molecule has 1 fully saturated rings. The number of carbonyl (C=O) groups is 1. The van der Waals surface area contributed by atoms with E-state index in [4.69, 9.17) is 4.74 Å². The lowest BCUT2D eigenvalue weighted by Crippen LogP contribution is -2.43. The Morgan fingerprint density at radius 1 is 1.57 bits per heavy atom. The van der Waals surface area contributed by atoms with Crippen molar-refractivity contribution in [3.05, 3.63) is 18.0 Å². The van der Waals surface area contributed by atoms with Crippen molar-refractivity contribution in [1.82, 2.24) is 14.7 Å². The van der Waals surface area contributed by atoms with Crippen molar-refractivity contribution >= 4 is 5.97 Å². The molecule has 0 aromatic carbocycles. The quantitative estimate of drug-likeness (QED) is 0.830. The number of carboxylic acid groups (broad SMARTS) is 1. The number of carboxylic acids is 1. The van der Waals surface area contributed by atoms with Gasteiger partial charge >= 0.3 is 5.97 Å². The fourth-order valence-corrected chi connectivity index (χ4v) is 2.75. The lowest BCUT2D eigenvalue weighted by Gasteiger charge is -2.29. The molecule has 0 bridgehead atoms. The summed E-state index contributed by atoms with van der Waals surface area (Å²) in [4.78, 5) is 13.5. The summed E-state index contributed by atoms with van der Waals surface area (Å²) in [5.74, 6) is -1.21. The van der Waals surface area contributed by atoms with E-state index < -0.39 is 11.9 Å². The minimum atomic E-state index is -0.772. The molecule has 2 heterocycles. The topological polar surface area (TPSA) is 67.6 Å². The second-order valence-corrected chi connectivity index (χ2v) is 5.90. The number of aromatic nitrogens is 2. The molecular formula is C15H25N3O3. The van der Waals surface area contributed by atoms with E-state index in [0.29, 0.717) is 25.8 Å². The third-order valence-electron chi connectivity index (χ3n) is 3.91. The lowest BCUT2D eigenvalue weighted by atomic mass is 10.0. The van der Waals surface area contributed by atoms with Crippen LogP contribution in [0.5, 0.6) is 0 Å². The second-order valence-electron chi connectivity index (χ2n) is 5.90. The minimum Gasteiger partial charge on any atom is -0.481 e. The number of hydrogen-bond donors (Lipinski definition) is 1. The third-order valence-corrected chi connectivity index (χ3v) is 3.91. The van der Waals surface area contributed by atoms with Crippen LogP contribution in [-0.4, -0.2) is 51.6 Å². The number of nitrogens with zero attached hydrogens (tertiary/aromatic N) is 3. The Morgan fingerprint density at radius 2 is 2.33 bits per heavy atom. The summed E-state index contributed by atoms with van der Waals surface area (Å²) in [5, 5.41) is 13.9. The van der Waals surface area contributed by atoms with Gasteiger partial charge in [0.2, 0.25) is 0 Å². The first-order valence-corrected chi connectivity index (χ1v) is 7.61. The number of aliphatic carboxylic acids is 1. The van der Waals surface area contributed by atoms with E-state index in [1.807, 2.05) is 16.9 Å². The van der Waals surface area contributed by atoms with Crippen LogP contribution in [0.1, 0.15) is 38.9 Å². The second kappa shape index (κ2) is 7.04. The molecule has 2 rings (SSSR count).